The van der Waals surface area contributed by atoms with Crippen molar-refractivity contribution in [1.82, 2.24) is 14.5 Å². The SMILES string of the molecule is Cc1cc(CNS(=O)(=O)c2ccc(CC(C)C)cc2)nn1C. The molecule has 0 amide bonds. The van der Waals surface area contributed by atoms with Gasteiger partial charge in [-0.3, -0.25) is 4.68 Å². The number of nitrogens with one attached hydrogen (secondary N) is 1. The van der Waals surface area contributed by atoms with Gasteiger partial charge in [0.15, 0.2) is 0 Å². The molecule has 0 radical (unpaired) electrons. The summed E-state index contributed by atoms with van der Waals surface area (Å²) in [6, 6.07) is 8.93. The van der Waals surface area contributed by atoms with E-state index in [0.717, 1.165) is 17.7 Å². The summed E-state index contributed by atoms with van der Waals surface area (Å²) in [5.74, 6) is 0.549. The van der Waals surface area contributed by atoms with Gasteiger partial charge in [-0.2, -0.15) is 5.10 Å². The van der Waals surface area contributed by atoms with Crippen molar-refractivity contribution < 1.29 is 8.42 Å². The summed E-state index contributed by atoms with van der Waals surface area (Å²) in [7, 11) is -1.67. The van der Waals surface area contributed by atoms with Crippen LogP contribution in [0.1, 0.15) is 30.8 Å². The fourth-order valence-electron chi connectivity index (χ4n) is 2.25. The minimum absolute atomic E-state index is 0.192. The second kappa shape index (κ2) is 6.62. The van der Waals surface area contributed by atoms with Crippen LogP contribution in [-0.4, -0.2) is 18.2 Å². The van der Waals surface area contributed by atoms with E-state index in [1.165, 1.54) is 0 Å². The molecule has 0 unspecified atom stereocenters. The number of aromatic nitrogens is 2. The highest BCUT2D eigenvalue weighted by Gasteiger charge is 2.14. The molecule has 0 fully saturated rings. The molecule has 0 atom stereocenters. The van der Waals surface area contributed by atoms with Crippen molar-refractivity contribution in [2.45, 2.75) is 38.6 Å². The summed E-state index contributed by atoms with van der Waals surface area (Å²) in [4.78, 5) is 0.285. The van der Waals surface area contributed by atoms with E-state index in [9.17, 15) is 8.42 Å². The molecule has 0 aliphatic heterocycles. The Balaban J connectivity index is 2.06. The standard InChI is InChI=1S/C16H23N3O2S/c1-12(2)9-14-5-7-16(8-6-14)22(20,21)17-11-15-10-13(3)19(4)18-15/h5-8,10,12,17H,9,11H2,1-4H3. The average Bonchev–Trinajstić information content (AvgIpc) is 2.76. The second-order valence-corrected chi connectivity index (χ2v) is 7.73. The fourth-order valence-corrected chi connectivity index (χ4v) is 3.25. The van der Waals surface area contributed by atoms with E-state index in [1.807, 2.05) is 32.2 Å². The van der Waals surface area contributed by atoms with Crippen molar-refractivity contribution in [3.05, 3.63) is 47.3 Å². The second-order valence-electron chi connectivity index (χ2n) is 5.97. The molecular formula is C16H23N3O2S. The molecule has 22 heavy (non-hydrogen) atoms. The van der Waals surface area contributed by atoms with Crippen LogP contribution < -0.4 is 4.72 Å². The first-order valence-corrected chi connectivity index (χ1v) is 8.84. The fraction of sp³-hybridized carbons (Fsp3) is 0.438. The molecule has 6 heteroatoms. The monoisotopic (exact) mass is 321 g/mol. The number of rotatable bonds is 6. The van der Waals surface area contributed by atoms with Crippen molar-refractivity contribution in [1.29, 1.82) is 0 Å². The van der Waals surface area contributed by atoms with Crippen LogP contribution >= 0.6 is 0 Å². The third-order valence-electron chi connectivity index (χ3n) is 3.49. The summed E-state index contributed by atoms with van der Waals surface area (Å²) in [6.07, 6.45) is 0.945. The molecule has 120 valence electrons. The molecule has 0 aliphatic carbocycles. The van der Waals surface area contributed by atoms with Crippen molar-refractivity contribution in [3.63, 3.8) is 0 Å². The lowest BCUT2D eigenvalue weighted by Crippen LogP contribution is -2.23. The molecule has 2 rings (SSSR count). The highest BCUT2D eigenvalue weighted by Crippen LogP contribution is 2.14. The maximum absolute atomic E-state index is 12.3. The molecule has 0 saturated heterocycles. The number of nitrogens with zero attached hydrogens (tertiary/aromatic N) is 2. The summed E-state index contributed by atoms with van der Waals surface area (Å²) in [6.45, 7) is 6.40. The predicted octanol–water partition coefficient (Wildman–Crippen LogP) is 2.41. The van der Waals surface area contributed by atoms with E-state index >= 15 is 0 Å². The van der Waals surface area contributed by atoms with Crippen molar-refractivity contribution in [2.75, 3.05) is 0 Å². The largest absolute Gasteiger partial charge is 0.273 e. The van der Waals surface area contributed by atoms with E-state index in [1.54, 1.807) is 16.8 Å². The number of sulfonamides is 1. The zero-order chi connectivity index (χ0) is 16.3. The van der Waals surface area contributed by atoms with E-state index in [0.29, 0.717) is 11.6 Å². The van der Waals surface area contributed by atoms with Gasteiger partial charge in [0.2, 0.25) is 10.0 Å². The Bertz CT molecular complexity index is 712. The zero-order valence-electron chi connectivity index (χ0n) is 13.5. The number of hydrogen-bond acceptors (Lipinski definition) is 3. The Hall–Kier alpha value is -1.66. The van der Waals surface area contributed by atoms with Crippen molar-refractivity contribution in [3.8, 4) is 0 Å². The number of benzene rings is 1. The van der Waals surface area contributed by atoms with Gasteiger partial charge in [-0.05, 0) is 43.0 Å². The zero-order valence-corrected chi connectivity index (χ0v) is 14.3. The molecule has 5 nitrogen and oxygen atoms in total. The van der Waals surface area contributed by atoms with Gasteiger partial charge in [-0.25, -0.2) is 13.1 Å². The molecule has 1 heterocycles. The van der Waals surface area contributed by atoms with Crippen LogP contribution in [0.4, 0.5) is 0 Å². The highest BCUT2D eigenvalue weighted by atomic mass is 32.2. The van der Waals surface area contributed by atoms with Gasteiger partial charge >= 0.3 is 0 Å². The molecule has 2 aromatic rings. The summed E-state index contributed by atoms with van der Waals surface area (Å²) in [5.41, 5.74) is 2.85. The van der Waals surface area contributed by atoms with Gasteiger partial charge in [0.05, 0.1) is 17.1 Å². The smallest absolute Gasteiger partial charge is 0.240 e. The lowest BCUT2D eigenvalue weighted by Gasteiger charge is -2.08. The van der Waals surface area contributed by atoms with Gasteiger partial charge in [0.25, 0.3) is 0 Å². The molecule has 0 spiro atoms. The Labute approximate surface area is 132 Å². The molecular weight excluding hydrogens is 298 g/mol. The minimum atomic E-state index is -3.51. The van der Waals surface area contributed by atoms with E-state index < -0.39 is 10.0 Å². The normalized spacial score (nSPS) is 12.0. The molecule has 0 bridgehead atoms. The Morgan fingerprint density at radius 2 is 1.86 bits per heavy atom. The Morgan fingerprint density at radius 3 is 2.36 bits per heavy atom. The first kappa shape index (κ1) is 16.7. The third kappa shape index (κ3) is 4.18. The number of hydrogen-bond donors (Lipinski definition) is 1. The maximum Gasteiger partial charge on any atom is 0.240 e. The quantitative estimate of drug-likeness (QED) is 0.888. The lowest BCUT2D eigenvalue weighted by atomic mass is 10.0. The topological polar surface area (TPSA) is 64.0 Å². The molecule has 1 aromatic heterocycles. The highest BCUT2D eigenvalue weighted by molar-refractivity contribution is 7.89. The summed E-state index contributed by atoms with van der Waals surface area (Å²) < 4.78 is 28.9. The molecule has 1 N–H and O–H groups in total. The van der Waals surface area contributed by atoms with Gasteiger partial charge in [-0.15, -0.1) is 0 Å². The van der Waals surface area contributed by atoms with Gasteiger partial charge < -0.3 is 0 Å². The van der Waals surface area contributed by atoms with Crippen LogP contribution in [0.25, 0.3) is 0 Å². The van der Waals surface area contributed by atoms with E-state index in [-0.39, 0.29) is 11.4 Å². The van der Waals surface area contributed by atoms with Crippen LogP contribution in [-0.2, 0) is 30.0 Å². The molecule has 1 aromatic carbocycles. The Kier molecular flexibility index (Phi) is 5.03. The van der Waals surface area contributed by atoms with Crippen molar-refractivity contribution in [2.24, 2.45) is 13.0 Å². The summed E-state index contributed by atoms with van der Waals surface area (Å²) >= 11 is 0. The maximum atomic E-state index is 12.3. The van der Waals surface area contributed by atoms with Crippen LogP contribution in [0.15, 0.2) is 35.2 Å². The van der Waals surface area contributed by atoms with Gasteiger partial charge in [-0.1, -0.05) is 26.0 Å². The van der Waals surface area contributed by atoms with Crippen LogP contribution in [0.5, 0.6) is 0 Å². The number of aryl methyl sites for hydroxylation is 2. The van der Waals surface area contributed by atoms with Crippen LogP contribution in [0.3, 0.4) is 0 Å². The minimum Gasteiger partial charge on any atom is -0.273 e. The first-order chi connectivity index (χ1) is 10.3. The lowest BCUT2D eigenvalue weighted by molar-refractivity contribution is 0.579. The average molecular weight is 321 g/mol. The van der Waals surface area contributed by atoms with E-state index in [4.69, 9.17) is 0 Å². The molecule has 0 aliphatic rings. The van der Waals surface area contributed by atoms with Gasteiger partial charge in [0, 0.05) is 12.7 Å². The summed E-state index contributed by atoms with van der Waals surface area (Å²) in [5, 5.41) is 4.24. The Morgan fingerprint density at radius 1 is 1.23 bits per heavy atom. The predicted molar refractivity (Wildman–Crippen MR) is 87.0 cm³/mol. The first-order valence-electron chi connectivity index (χ1n) is 7.36. The van der Waals surface area contributed by atoms with Crippen LogP contribution in [0.2, 0.25) is 0 Å². The third-order valence-corrected chi connectivity index (χ3v) is 4.90. The van der Waals surface area contributed by atoms with Crippen LogP contribution in [0, 0.1) is 12.8 Å². The van der Waals surface area contributed by atoms with Gasteiger partial charge in [0.1, 0.15) is 0 Å². The van der Waals surface area contributed by atoms with Crippen molar-refractivity contribution >= 4 is 10.0 Å². The van der Waals surface area contributed by atoms with E-state index in [2.05, 4.69) is 23.7 Å². The molecule has 0 saturated carbocycles.